The van der Waals surface area contributed by atoms with Crippen molar-refractivity contribution < 1.29 is 17.9 Å². The van der Waals surface area contributed by atoms with Crippen LogP contribution in [0, 0.1) is 0 Å². The fraction of sp³-hybridized carbons (Fsp3) is 0.667. The van der Waals surface area contributed by atoms with Gasteiger partial charge < -0.3 is 10.1 Å². The van der Waals surface area contributed by atoms with Gasteiger partial charge in [-0.3, -0.25) is 0 Å². The molecule has 0 spiro atoms. The van der Waals surface area contributed by atoms with E-state index in [4.69, 9.17) is 16.3 Å². The van der Waals surface area contributed by atoms with E-state index in [1.54, 1.807) is 0 Å². The summed E-state index contributed by atoms with van der Waals surface area (Å²) >= 11 is 5.59. The first-order valence-electron chi connectivity index (χ1n) is 5.25. The molecule has 0 unspecified atom stereocenters. The molecule has 9 heteroatoms. The third kappa shape index (κ3) is 5.85. The number of hydrogen-bond acceptors (Lipinski definition) is 5. The monoisotopic (exact) mass is 284 g/mol. The Morgan fingerprint density at radius 2 is 2.00 bits per heavy atom. The molecule has 0 aliphatic carbocycles. The van der Waals surface area contributed by atoms with Gasteiger partial charge >= 0.3 is 12.2 Å². The van der Waals surface area contributed by atoms with Crippen molar-refractivity contribution in [2.75, 3.05) is 18.5 Å². The lowest BCUT2D eigenvalue weighted by atomic mass is 10.4. The zero-order valence-electron chi connectivity index (χ0n) is 9.59. The van der Waals surface area contributed by atoms with E-state index in [-0.39, 0.29) is 17.2 Å². The summed E-state index contributed by atoms with van der Waals surface area (Å²) in [4.78, 5) is 11.1. The maximum Gasteiger partial charge on any atom is 0.392 e. The highest BCUT2D eigenvalue weighted by Gasteiger charge is 2.27. The lowest BCUT2D eigenvalue weighted by Crippen LogP contribution is -2.14. The van der Waals surface area contributed by atoms with Crippen molar-refractivity contribution in [2.45, 2.75) is 25.9 Å². The molecule has 1 N–H and O–H groups in total. The van der Waals surface area contributed by atoms with Crippen LogP contribution in [0.1, 0.15) is 19.8 Å². The summed E-state index contributed by atoms with van der Waals surface area (Å²) in [6, 6.07) is -0.224. The van der Waals surface area contributed by atoms with E-state index >= 15 is 0 Å². The van der Waals surface area contributed by atoms with E-state index in [0.717, 1.165) is 6.42 Å². The molecule has 1 aromatic rings. The van der Waals surface area contributed by atoms with Gasteiger partial charge in [0.15, 0.2) is 0 Å². The van der Waals surface area contributed by atoms with Crippen LogP contribution in [0.4, 0.5) is 19.1 Å². The zero-order valence-corrected chi connectivity index (χ0v) is 10.3. The average molecular weight is 285 g/mol. The minimum atomic E-state index is -4.28. The van der Waals surface area contributed by atoms with E-state index in [1.165, 1.54) is 0 Å². The average Bonchev–Trinajstić information content (AvgIpc) is 2.24. The highest BCUT2D eigenvalue weighted by atomic mass is 35.5. The first kappa shape index (κ1) is 14.7. The molecule has 5 nitrogen and oxygen atoms in total. The van der Waals surface area contributed by atoms with Crippen LogP contribution >= 0.6 is 11.6 Å². The number of halogens is 4. The van der Waals surface area contributed by atoms with Crippen LogP contribution in [0.3, 0.4) is 0 Å². The maximum atomic E-state index is 11.9. The van der Waals surface area contributed by atoms with Crippen LogP contribution in [0.2, 0.25) is 5.28 Å². The third-order valence-electron chi connectivity index (χ3n) is 1.74. The van der Waals surface area contributed by atoms with Crippen LogP contribution < -0.4 is 10.1 Å². The molecule has 0 saturated carbocycles. The Morgan fingerprint density at radius 3 is 2.61 bits per heavy atom. The first-order chi connectivity index (χ1) is 8.40. The molecule has 0 saturated heterocycles. The highest BCUT2D eigenvalue weighted by Crippen LogP contribution is 2.20. The van der Waals surface area contributed by atoms with Gasteiger partial charge in [-0.2, -0.15) is 28.1 Å². The molecule has 102 valence electrons. The SMILES string of the molecule is CCCNc1nc(Cl)nc(OCCC(F)(F)F)n1. The van der Waals surface area contributed by atoms with Gasteiger partial charge in [0, 0.05) is 6.54 Å². The van der Waals surface area contributed by atoms with Crippen molar-refractivity contribution in [3.63, 3.8) is 0 Å². The molecule has 0 aromatic carbocycles. The van der Waals surface area contributed by atoms with Crippen molar-refractivity contribution in [3.8, 4) is 6.01 Å². The van der Waals surface area contributed by atoms with E-state index in [9.17, 15) is 13.2 Å². The van der Waals surface area contributed by atoms with Gasteiger partial charge in [-0.25, -0.2) is 0 Å². The van der Waals surface area contributed by atoms with Crippen molar-refractivity contribution in [1.82, 2.24) is 15.0 Å². The Hall–Kier alpha value is -1.31. The second-order valence-electron chi connectivity index (χ2n) is 3.35. The fourth-order valence-corrected chi connectivity index (χ4v) is 1.12. The standard InChI is InChI=1S/C9H12ClF3N4O/c1-2-4-14-7-15-6(10)16-8(17-7)18-5-3-9(11,12)13/h2-5H2,1H3,(H,14,15,16,17). The number of ether oxygens (including phenoxy) is 1. The molecule has 0 aliphatic heterocycles. The number of hydrogen-bond donors (Lipinski definition) is 1. The van der Waals surface area contributed by atoms with Gasteiger partial charge in [0.25, 0.3) is 0 Å². The van der Waals surface area contributed by atoms with Crippen molar-refractivity contribution >= 4 is 17.5 Å². The van der Waals surface area contributed by atoms with Gasteiger partial charge in [-0.1, -0.05) is 6.92 Å². The quantitative estimate of drug-likeness (QED) is 0.870. The van der Waals surface area contributed by atoms with E-state index < -0.39 is 19.2 Å². The second kappa shape index (κ2) is 6.58. The topological polar surface area (TPSA) is 59.9 Å². The van der Waals surface area contributed by atoms with Gasteiger partial charge in [0.2, 0.25) is 11.2 Å². The van der Waals surface area contributed by atoms with Gasteiger partial charge in [0.05, 0.1) is 6.42 Å². The molecule has 0 aliphatic rings. The van der Waals surface area contributed by atoms with Crippen LogP contribution in [-0.4, -0.2) is 34.3 Å². The number of nitrogens with one attached hydrogen (secondary N) is 1. The van der Waals surface area contributed by atoms with Crippen molar-refractivity contribution in [2.24, 2.45) is 0 Å². The van der Waals surface area contributed by atoms with E-state index in [0.29, 0.717) is 6.54 Å². The number of alkyl halides is 3. The molecule has 0 atom stereocenters. The molecule has 1 heterocycles. The predicted octanol–water partition coefficient (Wildman–Crippen LogP) is 2.68. The molecule has 18 heavy (non-hydrogen) atoms. The summed E-state index contributed by atoms with van der Waals surface area (Å²) in [7, 11) is 0. The van der Waals surface area contributed by atoms with Crippen molar-refractivity contribution in [1.29, 1.82) is 0 Å². The Morgan fingerprint density at radius 1 is 1.28 bits per heavy atom. The van der Waals surface area contributed by atoms with Crippen LogP contribution in [0.25, 0.3) is 0 Å². The van der Waals surface area contributed by atoms with Gasteiger partial charge in [-0.05, 0) is 18.0 Å². The molecule has 0 fully saturated rings. The van der Waals surface area contributed by atoms with E-state index in [1.807, 2.05) is 6.92 Å². The number of nitrogens with zero attached hydrogens (tertiary/aromatic N) is 3. The molecule has 1 rings (SSSR count). The number of rotatable bonds is 6. The first-order valence-corrected chi connectivity index (χ1v) is 5.63. The zero-order chi connectivity index (χ0) is 13.6. The minimum absolute atomic E-state index is 0.134. The van der Waals surface area contributed by atoms with Gasteiger partial charge in [-0.15, -0.1) is 0 Å². The highest BCUT2D eigenvalue weighted by molar-refractivity contribution is 6.28. The summed E-state index contributed by atoms with van der Waals surface area (Å²) in [5.74, 6) is 0.179. The lowest BCUT2D eigenvalue weighted by molar-refractivity contribution is -0.139. The Bertz CT molecular complexity index is 389. The summed E-state index contributed by atoms with van der Waals surface area (Å²) in [5.41, 5.74) is 0. The van der Waals surface area contributed by atoms with E-state index in [2.05, 4.69) is 20.3 Å². The molecular formula is C9H12ClF3N4O. The minimum Gasteiger partial charge on any atom is -0.463 e. The lowest BCUT2D eigenvalue weighted by Gasteiger charge is -2.08. The summed E-state index contributed by atoms with van der Waals surface area (Å²) < 4.78 is 40.5. The Labute approximate surface area is 107 Å². The second-order valence-corrected chi connectivity index (χ2v) is 3.69. The fourth-order valence-electron chi connectivity index (χ4n) is 0.970. The number of aromatic nitrogens is 3. The van der Waals surface area contributed by atoms with Crippen LogP contribution in [0.15, 0.2) is 0 Å². The van der Waals surface area contributed by atoms with Crippen molar-refractivity contribution in [3.05, 3.63) is 5.28 Å². The normalized spacial score (nSPS) is 11.4. The molecular weight excluding hydrogens is 273 g/mol. The Balaban J connectivity index is 2.57. The largest absolute Gasteiger partial charge is 0.463 e. The van der Waals surface area contributed by atoms with Crippen LogP contribution in [0.5, 0.6) is 6.01 Å². The Kier molecular flexibility index (Phi) is 5.39. The third-order valence-corrected chi connectivity index (χ3v) is 1.91. The molecule has 0 radical (unpaired) electrons. The smallest absolute Gasteiger partial charge is 0.392 e. The van der Waals surface area contributed by atoms with Gasteiger partial charge in [0.1, 0.15) is 6.61 Å². The van der Waals surface area contributed by atoms with Crippen LogP contribution in [-0.2, 0) is 0 Å². The molecule has 0 amide bonds. The summed E-state index contributed by atoms with van der Waals surface area (Å²) in [5, 5.41) is 2.70. The number of anilines is 1. The molecule has 1 aromatic heterocycles. The maximum absolute atomic E-state index is 11.9. The molecule has 0 bridgehead atoms. The summed E-state index contributed by atoms with van der Waals surface area (Å²) in [6.45, 7) is 2.00. The summed E-state index contributed by atoms with van der Waals surface area (Å²) in [6.07, 6.45) is -4.51. The predicted molar refractivity (Wildman–Crippen MR) is 59.8 cm³/mol.